The van der Waals surface area contributed by atoms with Crippen molar-refractivity contribution >= 4 is 17.7 Å². The molecule has 5 N–H and O–H groups in total. The van der Waals surface area contributed by atoms with Crippen molar-refractivity contribution < 1.29 is 29.7 Å². The zero-order chi connectivity index (χ0) is 28.6. The van der Waals surface area contributed by atoms with E-state index < -0.39 is 36.1 Å². The topological polar surface area (TPSA) is 142 Å². The van der Waals surface area contributed by atoms with Gasteiger partial charge in [-0.1, -0.05) is 42.8 Å². The van der Waals surface area contributed by atoms with E-state index in [1.807, 2.05) is 30.3 Å². The lowest BCUT2D eigenvalue weighted by Gasteiger charge is -2.31. The number of benzene rings is 2. The van der Waals surface area contributed by atoms with Crippen LogP contribution in [0.2, 0.25) is 0 Å². The largest absolute Gasteiger partial charge is 0.508 e. The molecular formula is C30H40N4O6. The van der Waals surface area contributed by atoms with Gasteiger partial charge in [-0.15, -0.1) is 0 Å². The minimum Gasteiger partial charge on any atom is -0.508 e. The van der Waals surface area contributed by atoms with Crippen LogP contribution in [0.4, 0.5) is 0 Å². The van der Waals surface area contributed by atoms with Gasteiger partial charge in [-0.2, -0.15) is 0 Å². The van der Waals surface area contributed by atoms with Crippen LogP contribution in [0.1, 0.15) is 47.2 Å². The first-order valence-electron chi connectivity index (χ1n) is 14.0. The predicted octanol–water partition coefficient (Wildman–Crippen LogP) is 0.967. The number of β-amino-alcohol motifs (C(OH)–C–C–N with tert-alkyl or cyclic N) is 1. The number of hydrogen-bond donors (Lipinski definition) is 5. The molecule has 4 atom stereocenters. The van der Waals surface area contributed by atoms with Crippen molar-refractivity contribution in [2.24, 2.45) is 0 Å². The lowest BCUT2D eigenvalue weighted by atomic mass is 9.98. The molecule has 2 fully saturated rings. The van der Waals surface area contributed by atoms with Crippen LogP contribution in [0.15, 0.2) is 48.5 Å². The molecule has 4 rings (SSSR count). The number of hydrogen-bond acceptors (Lipinski definition) is 7. The Morgan fingerprint density at radius 2 is 1.75 bits per heavy atom. The van der Waals surface area contributed by atoms with Gasteiger partial charge < -0.3 is 35.8 Å². The second-order valence-electron chi connectivity index (χ2n) is 10.8. The highest BCUT2D eigenvalue weighted by molar-refractivity contribution is 5.97. The van der Waals surface area contributed by atoms with Gasteiger partial charge in [0, 0.05) is 37.2 Å². The van der Waals surface area contributed by atoms with E-state index in [2.05, 4.69) is 15.5 Å². The van der Waals surface area contributed by atoms with E-state index in [1.54, 1.807) is 19.1 Å². The van der Waals surface area contributed by atoms with Gasteiger partial charge in [0.1, 0.15) is 11.8 Å². The minimum atomic E-state index is -1.67. The summed E-state index contributed by atoms with van der Waals surface area (Å²) in [4.78, 5) is 43.3. The lowest BCUT2D eigenvalue weighted by Crippen LogP contribution is -2.56. The monoisotopic (exact) mass is 552 g/mol. The van der Waals surface area contributed by atoms with Crippen LogP contribution in [0.25, 0.3) is 0 Å². The Kier molecular flexibility index (Phi) is 10.1. The van der Waals surface area contributed by atoms with Crippen molar-refractivity contribution in [1.29, 1.82) is 0 Å². The van der Waals surface area contributed by atoms with Crippen molar-refractivity contribution in [3.05, 3.63) is 65.2 Å². The van der Waals surface area contributed by atoms with Gasteiger partial charge in [0.25, 0.3) is 11.8 Å². The fourth-order valence-corrected chi connectivity index (χ4v) is 5.51. The molecule has 4 unspecified atom stereocenters. The van der Waals surface area contributed by atoms with Crippen molar-refractivity contribution in [2.75, 3.05) is 32.7 Å². The molecule has 216 valence electrons. The molecule has 0 aliphatic carbocycles. The Hall–Kier alpha value is -3.47. The molecular weight excluding hydrogens is 512 g/mol. The number of nitrogens with one attached hydrogen (secondary N) is 2. The molecule has 0 bridgehead atoms. The first-order chi connectivity index (χ1) is 19.2. The maximum absolute atomic E-state index is 13.6. The number of aliphatic hydroxyl groups excluding tert-OH is 2. The van der Waals surface area contributed by atoms with Crippen LogP contribution < -0.4 is 10.6 Å². The number of carbonyl (C=O) groups excluding carboxylic acids is 3. The van der Waals surface area contributed by atoms with Gasteiger partial charge in [0.05, 0.1) is 12.1 Å². The van der Waals surface area contributed by atoms with Crippen molar-refractivity contribution in [2.45, 2.75) is 63.3 Å². The molecule has 0 spiro atoms. The summed E-state index contributed by atoms with van der Waals surface area (Å²) in [5, 5.41) is 37.3. The SMILES string of the molecule is Cc1c(O)cccc1C(=O)NC(Cc1ccccc1)C(O)C(=O)N1CC(O)CC1C(=O)NCCN1CCCCC1. The van der Waals surface area contributed by atoms with Crippen LogP contribution >= 0.6 is 0 Å². The first-order valence-corrected chi connectivity index (χ1v) is 14.0. The van der Waals surface area contributed by atoms with Gasteiger partial charge in [-0.25, -0.2) is 0 Å². The summed E-state index contributed by atoms with van der Waals surface area (Å²) < 4.78 is 0. The van der Waals surface area contributed by atoms with E-state index in [1.165, 1.54) is 17.4 Å². The molecule has 2 heterocycles. The average Bonchev–Trinajstić information content (AvgIpc) is 3.36. The second kappa shape index (κ2) is 13.7. The molecule has 0 saturated carbocycles. The second-order valence-corrected chi connectivity index (χ2v) is 10.8. The number of phenolic OH excluding ortho intramolecular Hbond substituents is 1. The number of likely N-dealkylation sites (tertiary alicyclic amines) is 2. The van der Waals surface area contributed by atoms with Gasteiger partial charge in [0.15, 0.2) is 6.10 Å². The summed E-state index contributed by atoms with van der Waals surface area (Å²) in [6, 6.07) is 11.8. The number of nitrogens with zero attached hydrogens (tertiary/aromatic N) is 2. The summed E-state index contributed by atoms with van der Waals surface area (Å²) in [5.74, 6) is -1.69. The molecule has 10 nitrogen and oxygen atoms in total. The van der Waals surface area contributed by atoms with Crippen LogP contribution in [0.3, 0.4) is 0 Å². The zero-order valence-corrected chi connectivity index (χ0v) is 23.0. The number of aliphatic hydroxyl groups is 2. The van der Waals surface area contributed by atoms with Crippen molar-refractivity contribution in [3.63, 3.8) is 0 Å². The van der Waals surface area contributed by atoms with Gasteiger partial charge in [0.2, 0.25) is 5.91 Å². The predicted molar refractivity (Wildman–Crippen MR) is 150 cm³/mol. The third kappa shape index (κ3) is 7.38. The van der Waals surface area contributed by atoms with Crippen molar-refractivity contribution in [3.8, 4) is 5.75 Å². The van der Waals surface area contributed by atoms with E-state index in [4.69, 9.17) is 0 Å². The van der Waals surface area contributed by atoms with Gasteiger partial charge >= 0.3 is 0 Å². The van der Waals surface area contributed by atoms with Crippen molar-refractivity contribution in [1.82, 2.24) is 20.4 Å². The maximum Gasteiger partial charge on any atom is 0.254 e. The third-order valence-corrected chi connectivity index (χ3v) is 7.84. The number of carbonyl (C=O) groups is 3. The Balaban J connectivity index is 1.46. The summed E-state index contributed by atoms with van der Waals surface area (Å²) in [5.41, 5.74) is 1.39. The molecule has 2 saturated heterocycles. The quantitative estimate of drug-likeness (QED) is 0.296. The first kappa shape index (κ1) is 29.5. The molecule has 10 heteroatoms. The summed E-state index contributed by atoms with van der Waals surface area (Å²) in [6.45, 7) is 4.69. The maximum atomic E-state index is 13.6. The third-order valence-electron chi connectivity index (χ3n) is 7.84. The summed E-state index contributed by atoms with van der Waals surface area (Å²) in [6.07, 6.45) is 1.18. The fourth-order valence-electron chi connectivity index (χ4n) is 5.51. The average molecular weight is 553 g/mol. The minimum absolute atomic E-state index is 0.0379. The van der Waals surface area contributed by atoms with Crippen LogP contribution in [-0.2, 0) is 16.0 Å². The van der Waals surface area contributed by atoms with Gasteiger partial charge in [-0.3, -0.25) is 14.4 Å². The molecule has 2 aliphatic rings. The molecule has 2 aliphatic heterocycles. The molecule has 2 aromatic rings. The highest BCUT2D eigenvalue weighted by Crippen LogP contribution is 2.23. The summed E-state index contributed by atoms with van der Waals surface area (Å²) in [7, 11) is 0. The standard InChI is InChI=1S/C30H40N4O6/c1-20-23(11-8-12-26(20)36)28(38)32-24(17-21-9-4-2-5-10-21)27(37)30(40)34-19-22(35)18-25(34)29(39)31-13-16-33-14-6-3-7-15-33/h2,4-5,8-12,22,24-25,27,35-37H,3,6-7,13-19H2,1H3,(H,31,39)(H,32,38). The molecule has 40 heavy (non-hydrogen) atoms. The van der Waals surface area contributed by atoms with Crippen LogP contribution in [0, 0.1) is 6.92 Å². The Morgan fingerprint density at radius 3 is 2.48 bits per heavy atom. The highest BCUT2D eigenvalue weighted by atomic mass is 16.3. The number of aromatic hydroxyl groups is 1. The van der Waals surface area contributed by atoms with E-state index in [0.717, 1.165) is 38.0 Å². The Morgan fingerprint density at radius 1 is 1.02 bits per heavy atom. The van der Waals surface area contributed by atoms with E-state index in [0.29, 0.717) is 12.1 Å². The van der Waals surface area contributed by atoms with Crippen LogP contribution in [-0.4, -0.2) is 99.9 Å². The summed E-state index contributed by atoms with van der Waals surface area (Å²) >= 11 is 0. The number of rotatable bonds is 10. The molecule has 2 aromatic carbocycles. The molecule has 0 radical (unpaired) electrons. The van der Waals surface area contributed by atoms with E-state index >= 15 is 0 Å². The number of amides is 3. The number of piperidine rings is 1. The van der Waals surface area contributed by atoms with E-state index in [9.17, 15) is 29.7 Å². The van der Waals surface area contributed by atoms with Gasteiger partial charge in [-0.05, 0) is 57.0 Å². The normalized spacial score (nSPS) is 21.0. The zero-order valence-electron chi connectivity index (χ0n) is 23.0. The Bertz CT molecular complexity index is 1170. The molecule has 0 aromatic heterocycles. The fraction of sp³-hybridized carbons (Fsp3) is 0.500. The number of phenols is 1. The highest BCUT2D eigenvalue weighted by Gasteiger charge is 2.42. The Labute approximate surface area is 235 Å². The van der Waals surface area contributed by atoms with Crippen LogP contribution in [0.5, 0.6) is 5.75 Å². The smallest absolute Gasteiger partial charge is 0.254 e. The lowest BCUT2D eigenvalue weighted by molar-refractivity contribution is -0.146. The molecule has 3 amide bonds. The van der Waals surface area contributed by atoms with E-state index in [-0.39, 0.29) is 36.6 Å².